The van der Waals surface area contributed by atoms with Crippen molar-refractivity contribution in [2.75, 3.05) is 29.9 Å². The van der Waals surface area contributed by atoms with Gasteiger partial charge in [0.25, 0.3) is 0 Å². The molecule has 2 aliphatic rings. The van der Waals surface area contributed by atoms with E-state index in [9.17, 15) is 4.79 Å². The standard InChI is InChI=1S/C18H21N3O2/c1-4-19-12-9-15(22)18-17(10-12)23-16-11-13(21(5-2)6-3)7-8-14(16)20-18/h7-11,19H,4-6H2,1-3H3. The average molecular weight is 311 g/mol. The molecule has 5 heteroatoms. The second-order valence-corrected chi connectivity index (χ2v) is 5.39. The Morgan fingerprint density at radius 3 is 2.61 bits per heavy atom. The van der Waals surface area contributed by atoms with Gasteiger partial charge in [-0.2, -0.15) is 0 Å². The lowest BCUT2D eigenvalue weighted by molar-refractivity contribution is 0.612. The fourth-order valence-corrected chi connectivity index (χ4v) is 2.78. The van der Waals surface area contributed by atoms with E-state index in [-0.39, 0.29) is 5.43 Å². The van der Waals surface area contributed by atoms with E-state index in [4.69, 9.17) is 4.42 Å². The summed E-state index contributed by atoms with van der Waals surface area (Å²) in [7, 11) is 0. The molecular formula is C18H21N3O2. The molecule has 0 unspecified atom stereocenters. The lowest BCUT2D eigenvalue weighted by Gasteiger charge is -2.21. The van der Waals surface area contributed by atoms with Crippen LogP contribution in [0.2, 0.25) is 0 Å². The fraction of sp³-hybridized carbons (Fsp3) is 0.333. The first-order valence-electron chi connectivity index (χ1n) is 8.03. The number of aromatic nitrogens is 1. The molecule has 0 bridgehead atoms. The molecular weight excluding hydrogens is 290 g/mol. The molecule has 1 aromatic carbocycles. The first-order chi connectivity index (χ1) is 11.2. The summed E-state index contributed by atoms with van der Waals surface area (Å²) >= 11 is 0. The molecule has 3 rings (SSSR count). The van der Waals surface area contributed by atoms with Gasteiger partial charge in [-0.3, -0.25) is 4.79 Å². The predicted molar refractivity (Wildman–Crippen MR) is 94.6 cm³/mol. The molecule has 0 amide bonds. The first kappa shape index (κ1) is 15.3. The van der Waals surface area contributed by atoms with Crippen molar-refractivity contribution >= 4 is 22.5 Å². The highest BCUT2D eigenvalue weighted by Gasteiger charge is 2.15. The van der Waals surface area contributed by atoms with Crippen LogP contribution in [0.25, 0.3) is 22.6 Å². The minimum Gasteiger partial charge on any atom is -0.453 e. The van der Waals surface area contributed by atoms with Crippen molar-refractivity contribution in [3.63, 3.8) is 0 Å². The van der Waals surface area contributed by atoms with Crippen molar-refractivity contribution in [3.8, 4) is 11.5 Å². The lowest BCUT2D eigenvalue weighted by atomic mass is 10.2. The van der Waals surface area contributed by atoms with Crippen LogP contribution in [0.5, 0.6) is 0 Å². The van der Waals surface area contributed by atoms with E-state index in [2.05, 4.69) is 29.0 Å². The average Bonchev–Trinajstić information content (AvgIpc) is 2.55. The van der Waals surface area contributed by atoms with E-state index in [1.165, 1.54) is 0 Å². The Labute approximate surface area is 135 Å². The Morgan fingerprint density at radius 2 is 1.91 bits per heavy atom. The summed E-state index contributed by atoms with van der Waals surface area (Å²) in [5, 5.41) is 3.14. The minimum absolute atomic E-state index is 0.128. The van der Waals surface area contributed by atoms with Crippen LogP contribution in [0.4, 0.5) is 11.4 Å². The number of benzene rings is 2. The van der Waals surface area contributed by atoms with Gasteiger partial charge in [0.05, 0.1) is 0 Å². The molecule has 1 aliphatic heterocycles. The van der Waals surface area contributed by atoms with Gasteiger partial charge >= 0.3 is 0 Å². The molecule has 1 N–H and O–H groups in total. The maximum absolute atomic E-state index is 12.2. The van der Waals surface area contributed by atoms with Crippen molar-refractivity contribution in [2.45, 2.75) is 20.8 Å². The normalized spacial score (nSPS) is 11.1. The molecule has 120 valence electrons. The number of nitrogens with one attached hydrogen (secondary N) is 1. The topological polar surface area (TPSA) is 58.4 Å². The summed E-state index contributed by atoms with van der Waals surface area (Å²) in [5.41, 5.74) is 3.48. The van der Waals surface area contributed by atoms with Gasteiger partial charge in [0, 0.05) is 49.2 Å². The zero-order chi connectivity index (χ0) is 16.4. The van der Waals surface area contributed by atoms with Gasteiger partial charge in [0.1, 0.15) is 5.52 Å². The summed E-state index contributed by atoms with van der Waals surface area (Å²) in [6.45, 7) is 8.83. The Morgan fingerprint density at radius 1 is 1.13 bits per heavy atom. The second-order valence-electron chi connectivity index (χ2n) is 5.39. The van der Waals surface area contributed by atoms with Gasteiger partial charge in [-0.1, -0.05) is 0 Å². The van der Waals surface area contributed by atoms with E-state index in [0.717, 1.165) is 31.0 Å². The molecule has 0 fully saturated rings. The molecule has 0 saturated heterocycles. The zero-order valence-corrected chi connectivity index (χ0v) is 13.7. The highest BCUT2D eigenvalue weighted by molar-refractivity contribution is 5.80. The monoisotopic (exact) mass is 311 g/mol. The zero-order valence-electron chi connectivity index (χ0n) is 13.7. The summed E-state index contributed by atoms with van der Waals surface area (Å²) in [5.74, 6) is 0.512. The van der Waals surface area contributed by atoms with E-state index in [0.29, 0.717) is 22.6 Å². The summed E-state index contributed by atoms with van der Waals surface area (Å²) in [6, 6.07) is 9.30. The number of hydrogen-bond acceptors (Lipinski definition) is 5. The van der Waals surface area contributed by atoms with Crippen molar-refractivity contribution in [3.05, 3.63) is 40.6 Å². The summed E-state index contributed by atoms with van der Waals surface area (Å²) < 4.78 is 5.96. The Kier molecular flexibility index (Phi) is 4.19. The Balaban J connectivity index is 2.18. The van der Waals surface area contributed by atoms with Crippen molar-refractivity contribution < 1.29 is 4.42 Å². The second kappa shape index (κ2) is 6.28. The summed E-state index contributed by atoms with van der Waals surface area (Å²) in [6.07, 6.45) is 0. The molecule has 23 heavy (non-hydrogen) atoms. The van der Waals surface area contributed by atoms with Gasteiger partial charge in [0.2, 0.25) is 5.43 Å². The van der Waals surface area contributed by atoms with Crippen molar-refractivity contribution in [2.24, 2.45) is 0 Å². The maximum atomic E-state index is 12.2. The van der Waals surface area contributed by atoms with Gasteiger partial charge in [-0.05, 0) is 32.9 Å². The molecule has 1 aromatic rings. The van der Waals surface area contributed by atoms with Gasteiger partial charge in [-0.15, -0.1) is 0 Å². The van der Waals surface area contributed by atoms with Crippen LogP contribution >= 0.6 is 0 Å². The fourth-order valence-electron chi connectivity index (χ4n) is 2.78. The van der Waals surface area contributed by atoms with Crippen LogP contribution in [0.1, 0.15) is 20.8 Å². The molecule has 0 aromatic heterocycles. The quantitative estimate of drug-likeness (QED) is 0.730. The van der Waals surface area contributed by atoms with E-state index in [1.54, 1.807) is 6.07 Å². The summed E-state index contributed by atoms with van der Waals surface area (Å²) in [4.78, 5) is 18.9. The molecule has 1 heterocycles. The van der Waals surface area contributed by atoms with Crippen LogP contribution < -0.4 is 15.6 Å². The number of rotatable bonds is 5. The van der Waals surface area contributed by atoms with Crippen LogP contribution in [-0.2, 0) is 0 Å². The number of anilines is 2. The highest BCUT2D eigenvalue weighted by Crippen LogP contribution is 2.27. The number of nitrogens with zero attached hydrogens (tertiary/aromatic N) is 2. The van der Waals surface area contributed by atoms with Gasteiger partial charge in [0.15, 0.2) is 17.0 Å². The number of hydrogen-bond donors (Lipinski definition) is 1. The van der Waals surface area contributed by atoms with Crippen LogP contribution in [0.3, 0.4) is 0 Å². The lowest BCUT2D eigenvalue weighted by Crippen LogP contribution is -2.21. The molecule has 5 nitrogen and oxygen atoms in total. The number of fused-ring (bicyclic) bond motifs is 2. The maximum Gasteiger partial charge on any atom is 0.210 e. The Bertz CT molecular complexity index is 853. The SMILES string of the molecule is CCNc1cc2oc3cc(N(CC)CC)ccc3nc-2c(=O)c1. The molecule has 1 aliphatic carbocycles. The van der Waals surface area contributed by atoms with Crippen molar-refractivity contribution in [1.29, 1.82) is 0 Å². The molecule has 0 saturated carbocycles. The Hall–Kier alpha value is -2.56. The van der Waals surface area contributed by atoms with Crippen LogP contribution in [0, 0.1) is 0 Å². The van der Waals surface area contributed by atoms with E-state index in [1.807, 2.05) is 31.2 Å². The first-order valence-corrected chi connectivity index (χ1v) is 8.03. The smallest absolute Gasteiger partial charge is 0.210 e. The largest absolute Gasteiger partial charge is 0.453 e. The third kappa shape index (κ3) is 2.86. The third-order valence-corrected chi connectivity index (χ3v) is 3.95. The van der Waals surface area contributed by atoms with Gasteiger partial charge in [-0.25, -0.2) is 4.98 Å². The molecule has 0 spiro atoms. The highest BCUT2D eigenvalue weighted by atomic mass is 16.3. The van der Waals surface area contributed by atoms with Gasteiger partial charge < -0.3 is 14.6 Å². The molecule has 0 radical (unpaired) electrons. The van der Waals surface area contributed by atoms with Crippen LogP contribution in [0.15, 0.2) is 39.5 Å². The molecule has 0 atom stereocenters. The van der Waals surface area contributed by atoms with Crippen LogP contribution in [-0.4, -0.2) is 24.6 Å². The van der Waals surface area contributed by atoms with Crippen molar-refractivity contribution in [1.82, 2.24) is 4.98 Å². The van der Waals surface area contributed by atoms with E-state index >= 15 is 0 Å². The minimum atomic E-state index is -0.128. The van der Waals surface area contributed by atoms with E-state index < -0.39 is 0 Å². The predicted octanol–water partition coefficient (Wildman–Crippen LogP) is 3.57. The third-order valence-electron chi connectivity index (χ3n) is 3.95.